The second-order valence-electron chi connectivity index (χ2n) is 3.34. The van der Waals surface area contributed by atoms with Crippen molar-refractivity contribution in [2.45, 2.75) is 26.3 Å². The first-order valence-electron chi connectivity index (χ1n) is 4.22. The molecule has 0 bridgehead atoms. The van der Waals surface area contributed by atoms with Crippen LogP contribution in [-0.2, 0) is 0 Å². The molecule has 3 heteroatoms. The van der Waals surface area contributed by atoms with E-state index in [0.29, 0.717) is 5.92 Å². The number of rotatable bonds is 3. The van der Waals surface area contributed by atoms with Crippen LogP contribution in [0.1, 0.15) is 32.1 Å². The standard InChI is InChI=1S/C9H15N3/c1-7(2)6-8(10)9-11-4-3-5-12-9/h3-5,7-8H,6,10H2,1-2H3/t8-/m0/s1. The summed E-state index contributed by atoms with van der Waals surface area (Å²) in [6.45, 7) is 4.28. The van der Waals surface area contributed by atoms with E-state index in [1.54, 1.807) is 18.5 Å². The molecule has 0 radical (unpaired) electrons. The first kappa shape index (κ1) is 9.13. The molecule has 12 heavy (non-hydrogen) atoms. The maximum absolute atomic E-state index is 5.87. The molecule has 0 fully saturated rings. The second-order valence-corrected chi connectivity index (χ2v) is 3.34. The molecule has 0 spiro atoms. The van der Waals surface area contributed by atoms with Crippen LogP contribution in [-0.4, -0.2) is 9.97 Å². The van der Waals surface area contributed by atoms with Gasteiger partial charge in [0, 0.05) is 12.4 Å². The van der Waals surface area contributed by atoms with Crippen molar-refractivity contribution in [1.29, 1.82) is 0 Å². The maximum atomic E-state index is 5.87. The van der Waals surface area contributed by atoms with E-state index in [-0.39, 0.29) is 6.04 Å². The Morgan fingerprint density at radius 3 is 2.42 bits per heavy atom. The second kappa shape index (κ2) is 4.16. The molecule has 0 amide bonds. The third-order valence-corrected chi connectivity index (χ3v) is 1.64. The van der Waals surface area contributed by atoms with Gasteiger partial charge < -0.3 is 5.73 Å². The van der Waals surface area contributed by atoms with Crippen LogP contribution in [0.3, 0.4) is 0 Å². The van der Waals surface area contributed by atoms with Crippen molar-refractivity contribution < 1.29 is 0 Å². The fourth-order valence-electron chi connectivity index (χ4n) is 1.12. The Morgan fingerprint density at radius 1 is 1.33 bits per heavy atom. The lowest BCUT2D eigenvalue weighted by molar-refractivity contribution is 0.493. The summed E-state index contributed by atoms with van der Waals surface area (Å²) < 4.78 is 0. The van der Waals surface area contributed by atoms with E-state index in [1.807, 2.05) is 0 Å². The molecule has 1 rings (SSSR count). The number of hydrogen-bond acceptors (Lipinski definition) is 3. The summed E-state index contributed by atoms with van der Waals surface area (Å²) in [6, 6.07) is 1.78. The highest BCUT2D eigenvalue weighted by Crippen LogP contribution is 2.13. The minimum absolute atomic E-state index is 0.0220. The minimum Gasteiger partial charge on any atom is -0.321 e. The molecule has 2 N–H and O–H groups in total. The molecule has 66 valence electrons. The molecule has 1 heterocycles. The Kier molecular flexibility index (Phi) is 3.17. The van der Waals surface area contributed by atoms with E-state index >= 15 is 0 Å². The zero-order valence-electron chi connectivity index (χ0n) is 7.57. The quantitative estimate of drug-likeness (QED) is 0.738. The molecule has 0 aliphatic rings. The number of aromatic nitrogens is 2. The Morgan fingerprint density at radius 2 is 1.92 bits per heavy atom. The predicted molar refractivity (Wildman–Crippen MR) is 48.4 cm³/mol. The summed E-state index contributed by atoms with van der Waals surface area (Å²) in [6.07, 6.45) is 4.38. The van der Waals surface area contributed by atoms with Gasteiger partial charge in [-0.2, -0.15) is 0 Å². The fraction of sp³-hybridized carbons (Fsp3) is 0.556. The lowest BCUT2D eigenvalue weighted by atomic mass is 10.0. The van der Waals surface area contributed by atoms with E-state index in [9.17, 15) is 0 Å². The van der Waals surface area contributed by atoms with E-state index in [2.05, 4.69) is 23.8 Å². The molecule has 3 nitrogen and oxygen atoms in total. The SMILES string of the molecule is CC(C)C[C@H](N)c1ncccn1. The highest BCUT2D eigenvalue weighted by Gasteiger charge is 2.09. The molecule has 0 aliphatic carbocycles. The van der Waals surface area contributed by atoms with Gasteiger partial charge in [-0.15, -0.1) is 0 Å². The third-order valence-electron chi connectivity index (χ3n) is 1.64. The number of nitrogens with two attached hydrogens (primary N) is 1. The number of hydrogen-bond donors (Lipinski definition) is 1. The van der Waals surface area contributed by atoms with Crippen molar-refractivity contribution in [2.75, 3.05) is 0 Å². The van der Waals surface area contributed by atoms with Gasteiger partial charge in [-0.05, 0) is 18.4 Å². The van der Waals surface area contributed by atoms with Gasteiger partial charge in [-0.25, -0.2) is 9.97 Å². The molecule has 1 aromatic heterocycles. The highest BCUT2D eigenvalue weighted by molar-refractivity contribution is 4.94. The van der Waals surface area contributed by atoms with Crippen LogP contribution in [0.15, 0.2) is 18.5 Å². The van der Waals surface area contributed by atoms with Crippen molar-refractivity contribution in [1.82, 2.24) is 9.97 Å². The van der Waals surface area contributed by atoms with Crippen molar-refractivity contribution >= 4 is 0 Å². The molecule has 0 unspecified atom stereocenters. The molecule has 1 aromatic rings. The predicted octanol–water partition coefficient (Wildman–Crippen LogP) is 1.52. The average Bonchev–Trinajstić information content (AvgIpc) is 2.05. The summed E-state index contributed by atoms with van der Waals surface area (Å²) in [5, 5.41) is 0. The maximum Gasteiger partial charge on any atom is 0.144 e. The largest absolute Gasteiger partial charge is 0.321 e. The fourth-order valence-corrected chi connectivity index (χ4v) is 1.12. The van der Waals surface area contributed by atoms with Gasteiger partial charge >= 0.3 is 0 Å². The smallest absolute Gasteiger partial charge is 0.144 e. The lowest BCUT2D eigenvalue weighted by Crippen LogP contribution is -2.15. The zero-order valence-corrected chi connectivity index (χ0v) is 7.57. The Hall–Kier alpha value is -0.960. The number of nitrogens with zero attached hydrogens (tertiary/aromatic N) is 2. The topological polar surface area (TPSA) is 51.8 Å². The Labute approximate surface area is 73.0 Å². The van der Waals surface area contributed by atoms with Crippen LogP contribution < -0.4 is 5.73 Å². The van der Waals surface area contributed by atoms with Gasteiger partial charge in [0.25, 0.3) is 0 Å². The molecule has 1 atom stereocenters. The van der Waals surface area contributed by atoms with Gasteiger partial charge in [0.1, 0.15) is 5.82 Å². The van der Waals surface area contributed by atoms with Crippen molar-refractivity contribution in [3.05, 3.63) is 24.3 Å². The van der Waals surface area contributed by atoms with Crippen LogP contribution in [0.25, 0.3) is 0 Å². The van der Waals surface area contributed by atoms with Crippen molar-refractivity contribution in [2.24, 2.45) is 11.7 Å². The molecular formula is C9H15N3. The molecule has 0 aliphatic heterocycles. The first-order valence-corrected chi connectivity index (χ1v) is 4.22. The Bertz CT molecular complexity index is 220. The summed E-state index contributed by atoms with van der Waals surface area (Å²) >= 11 is 0. The van der Waals surface area contributed by atoms with Gasteiger partial charge in [-0.1, -0.05) is 13.8 Å². The minimum atomic E-state index is -0.0220. The molecule has 0 saturated heterocycles. The molecule has 0 saturated carbocycles. The van der Waals surface area contributed by atoms with Gasteiger partial charge in [-0.3, -0.25) is 0 Å². The summed E-state index contributed by atoms with van der Waals surface area (Å²) in [4.78, 5) is 8.19. The molecule has 0 aromatic carbocycles. The molecular weight excluding hydrogens is 150 g/mol. The van der Waals surface area contributed by atoms with Crippen LogP contribution >= 0.6 is 0 Å². The summed E-state index contributed by atoms with van der Waals surface area (Å²) in [5.74, 6) is 1.33. The van der Waals surface area contributed by atoms with Gasteiger partial charge in [0.15, 0.2) is 0 Å². The summed E-state index contributed by atoms with van der Waals surface area (Å²) in [7, 11) is 0. The van der Waals surface area contributed by atoms with Crippen LogP contribution in [0.5, 0.6) is 0 Å². The van der Waals surface area contributed by atoms with Crippen molar-refractivity contribution in [3.63, 3.8) is 0 Å². The Balaban J connectivity index is 2.59. The van der Waals surface area contributed by atoms with E-state index in [0.717, 1.165) is 12.2 Å². The van der Waals surface area contributed by atoms with Gasteiger partial charge in [0.2, 0.25) is 0 Å². The highest BCUT2D eigenvalue weighted by atomic mass is 14.9. The normalized spacial score (nSPS) is 13.3. The van der Waals surface area contributed by atoms with Gasteiger partial charge in [0.05, 0.1) is 6.04 Å². The van der Waals surface area contributed by atoms with E-state index < -0.39 is 0 Å². The summed E-state index contributed by atoms with van der Waals surface area (Å²) in [5.41, 5.74) is 5.87. The van der Waals surface area contributed by atoms with Crippen LogP contribution in [0.4, 0.5) is 0 Å². The lowest BCUT2D eigenvalue weighted by Gasteiger charge is -2.11. The van der Waals surface area contributed by atoms with Crippen molar-refractivity contribution in [3.8, 4) is 0 Å². The zero-order chi connectivity index (χ0) is 8.97. The monoisotopic (exact) mass is 165 g/mol. The van der Waals surface area contributed by atoms with Crippen LogP contribution in [0, 0.1) is 5.92 Å². The van der Waals surface area contributed by atoms with Crippen LogP contribution in [0.2, 0.25) is 0 Å². The first-order chi connectivity index (χ1) is 5.70. The van der Waals surface area contributed by atoms with E-state index in [4.69, 9.17) is 5.73 Å². The third kappa shape index (κ3) is 2.58. The van der Waals surface area contributed by atoms with E-state index in [1.165, 1.54) is 0 Å². The average molecular weight is 165 g/mol.